The number of rotatable bonds is 3. The van der Waals surface area contributed by atoms with Crippen molar-refractivity contribution >= 4 is 12.6 Å². The summed E-state index contributed by atoms with van der Waals surface area (Å²) in [4.78, 5) is 21.3. The van der Waals surface area contributed by atoms with E-state index in [9.17, 15) is 9.59 Å². The van der Waals surface area contributed by atoms with Crippen molar-refractivity contribution in [2.24, 2.45) is 23.7 Å². The second-order valence-electron chi connectivity index (χ2n) is 3.93. The standard InChI is InChI=1S/C10H16O2/c1-7-3-4-9(8(2)5-11)10(7)6-12/h5-10H,3-4H2,1-2H3/t7-,8-,9-,10+/m1/s1. The fourth-order valence-electron chi connectivity index (χ4n) is 2.21. The molecular formula is C10H16O2. The molecule has 0 aromatic heterocycles. The Bertz CT molecular complexity index is 177. The topological polar surface area (TPSA) is 34.1 Å². The lowest BCUT2D eigenvalue weighted by atomic mass is 9.84. The third-order valence-corrected chi connectivity index (χ3v) is 3.15. The molecule has 2 nitrogen and oxygen atoms in total. The van der Waals surface area contributed by atoms with Crippen LogP contribution in [0.2, 0.25) is 0 Å². The Kier molecular flexibility index (Phi) is 3.01. The van der Waals surface area contributed by atoms with E-state index in [0.717, 1.165) is 25.4 Å². The van der Waals surface area contributed by atoms with Gasteiger partial charge in [0.25, 0.3) is 0 Å². The lowest BCUT2D eigenvalue weighted by Gasteiger charge is -2.19. The molecule has 12 heavy (non-hydrogen) atoms. The maximum atomic E-state index is 10.7. The summed E-state index contributed by atoms with van der Waals surface area (Å²) in [5.74, 6) is 0.931. The van der Waals surface area contributed by atoms with Crippen LogP contribution in [0.5, 0.6) is 0 Å². The molecule has 1 aliphatic carbocycles. The van der Waals surface area contributed by atoms with Crippen LogP contribution in [0.4, 0.5) is 0 Å². The molecule has 1 saturated carbocycles. The minimum absolute atomic E-state index is 0.0464. The second kappa shape index (κ2) is 3.83. The van der Waals surface area contributed by atoms with E-state index >= 15 is 0 Å². The van der Waals surface area contributed by atoms with Crippen LogP contribution in [-0.2, 0) is 9.59 Å². The molecule has 0 amide bonds. The zero-order chi connectivity index (χ0) is 9.14. The summed E-state index contributed by atoms with van der Waals surface area (Å²) < 4.78 is 0. The largest absolute Gasteiger partial charge is 0.303 e. The quantitative estimate of drug-likeness (QED) is 0.601. The van der Waals surface area contributed by atoms with Gasteiger partial charge in [0.1, 0.15) is 12.6 Å². The summed E-state index contributed by atoms with van der Waals surface area (Å²) in [6.45, 7) is 4.00. The van der Waals surface area contributed by atoms with Crippen molar-refractivity contribution < 1.29 is 9.59 Å². The fourth-order valence-corrected chi connectivity index (χ4v) is 2.21. The van der Waals surface area contributed by atoms with E-state index in [1.54, 1.807) is 0 Å². The van der Waals surface area contributed by atoms with Gasteiger partial charge < -0.3 is 9.59 Å². The summed E-state index contributed by atoms with van der Waals surface area (Å²) >= 11 is 0. The van der Waals surface area contributed by atoms with Crippen LogP contribution >= 0.6 is 0 Å². The highest BCUT2D eigenvalue weighted by atomic mass is 16.1. The summed E-state index contributed by atoms with van der Waals surface area (Å²) in [6.07, 6.45) is 4.12. The van der Waals surface area contributed by atoms with Crippen LogP contribution in [0.15, 0.2) is 0 Å². The lowest BCUT2D eigenvalue weighted by molar-refractivity contribution is -0.116. The molecule has 2 heteroatoms. The molecule has 4 atom stereocenters. The van der Waals surface area contributed by atoms with Gasteiger partial charge in [-0.05, 0) is 24.7 Å². The first-order chi connectivity index (χ1) is 5.70. The van der Waals surface area contributed by atoms with Gasteiger partial charge in [0.15, 0.2) is 0 Å². The average molecular weight is 168 g/mol. The van der Waals surface area contributed by atoms with E-state index in [1.807, 2.05) is 6.92 Å². The van der Waals surface area contributed by atoms with Crippen molar-refractivity contribution in [3.63, 3.8) is 0 Å². The fraction of sp³-hybridized carbons (Fsp3) is 0.800. The van der Waals surface area contributed by atoms with E-state index in [-0.39, 0.29) is 11.8 Å². The summed E-state index contributed by atoms with van der Waals surface area (Å²) in [5, 5.41) is 0. The molecular weight excluding hydrogens is 152 g/mol. The van der Waals surface area contributed by atoms with Gasteiger partial charge in [0.2, 0.25) is 0 Å². The molecule has 0 spiro atoms. The van der Waals surface area contributed by atoms with Gasteiger partial charge >= 0.3 is 0 Å². The molecule has 1 rings (SSSR count). The highest BCUT2D eigenvalue weighted by molar-refractivity contribution is 5.59. The van der Waals surface area contributed by atoms with Crippen LogP contribution in [-0.4, -0.2) is 12.6 Å². The van der Waals surface area contributed by atoms with Gasteiger partial charge in [-0.3, -0.25) is 0 Å². The van der Waals surface area contributed by atoms with E-state index in [0.29, 0.717) is 11.8 Å². The molecule has 0 aliphatic heterocycles. The average Bonchev–Trinajstić information content (AvgIpc) is 2.45. The Labute approximate surface area is 73.3 Å². The number of hydrogen-bond acceptors (Lipinski definition) is 2. The maximum Gasteiger partial charge on any atom is 0.123 e. The van der Waals surface area contributed by atoms with Crippen molar-refractivity contribution in [3.8, 4) is 0 Å². The molecule has 1 fully saturated rings. The van der Waals surface area contributed by atoms with Gasteiger partial charge in [-0.1, -0.05) is 13.8 Å². The zero-order valence-corrected chi connectivity index (χ0v) is 7.69. The van der Waals surface area contributed by atoms with E-state index in [1.165, 1.54) is 0 Å². The summed E-state index contributed by atoms with van der Waals surface area (Å²) in [5.41, 5.74) is 0. The van der Waals surface area contributed by atoms with Crippen molar-refractivity contribution in [3.05, 3.63) is 0 Å². The third-order valence-electron chi connectivity index (χ3n) is 3.15. The molecule has 0 bridgehead atoms. The predicted molar refractivity (Wildman–Crippen MR) is 46.7 cm³/mol. The molecule has 0 aromatic rings. The number of carbonyl (C=O) groups is 2. The SMILES string of the molecule is C[C@H](C=O)[C@H]1CC[C@@H](C)[C@@H]1C=O. The molecule has 0 unspecified atom stereocenters. The first-order valence-electron chi connectivity index (χ1n) is 4.61. The molecule has 0 heterocycles. The van der Waals surface area contributed by atoms with Gasteiger partial charge in [-0.25, -0.2) is 0 Å². The van der Waals surface area contributed by atoms with Crippen LogP contribution in [0.25, 0.3) is 0 Å². The summed E-state index contributed by atoms with van der Waals surface area (Å²) in [6, 6.07) is 0. The Morgan fingerprint density at radius 3 is 2.50 bits per heavy atom. The monoisotopic (exact) mass is 168 g/mol. The van der Waals surface area contributed by atoms with E-state index < -0.39 is 0 Å². The van der Waals surface area contributed by atoms with Crippen molar-refractivity contribution in [2.75, 3.05) is 0 Å². The molecule has 1 aliphatic rings. The van der Waals surface area contributed by atoms with Gasteiger partial charge in [-0.15, -0.1) is 0 Å². The van der Waals surface area contributed by atoms with Gasteiger partial charge in [0, 0.05) is 11.8 Å². The minimum Gasteiger partial charge on any atom is -0.303 e. The van der Waals surface area contributed by atoms with Gasteiger partial charge in [0.05, 0.1) is 0 Å². The van der Waals surface area contributed by atoms with Gasteiger partial charge in [-0.2, -0.15) is 0 Å². The Morgan fingerprint density at radius 1 is 1.33 bits per heavy atom. The molecule has 0 N–H and O–H groups in total. The Morgan fingerprint density at radius 2 is 2.00 bits per heavy atom. The molecule has 0 radical (unpaired) electrons. The third kappa shape index (κ3) is 1.57. The zero-order valence-electron chi connectivity index (χ0n) is 7.69. The normalized spacial score (nSPS) is 37.7. The van der Waals surface area contributed by atoms with Crippen LogP contribution in [0, 0.1) is 23.7 Å². The van der Waals surface area contributed by atoms with E-state index in [4.69, 9.17) is 0 Å². The van der Waals surface area contributed by atoms with Crippen LogP contribution < -0.4 is 0 Å². The van der Waals surface area contributed by atoms with E-state index in [2.05, 4.69) is 6.92 Å². The van der Waals surface area contributed by atoms with Crippen molar-refractivity contribution in [1.82, 2.24) is 0 Å². The number of carbonyl (C=O) groups excluding carboxylic acids is 2. The number of aldehydes is 2. The maximum absolute atomic E-state index is 10.7. The predicted octanol–water partition coefficient (Wildman–Crippen LogP) is 1.68. The highest BCUT2D eigenvalue weighted by Crippen LogP contribution is 2.39. The van der Waals surface area contributed by atoms with Crippen molar-refractivity contribution in [1.29, 1.82) is 0 Å². The van der Waals surface area contributed by atoms with Crippen LogP contribution in [0.3, 0.4) is 0 Å². The smallest absolute Gasteiger partial charge is 0.123 e. The van der Waals surface area contributed by atoms with Crippen LogP contribution in [0.1, 0.15) is 26.7 Å². The lowest BCUT2D eigenvalue weighted by Crippen LogP contribution is -2.21. The first-order valence-corrected chi connectivity index (χ1v) is 4.61. The first kappa shape index (κ1) is 9.43. The second-order valence-corrected chi connectivity index (χ2v) is 3.93. The molecule has 0 saturated heterocycles. The summed E-state index contributed by atoms with van der Waals surface area (Å²) in [7, 11) is 0. The highest BCUT2D eigenvalue weighted by Gasteiger charge is 2.35. The Hall–Kier alpha value is -0.660. The Balaban J connectivity index is 2.65. The number of hydrogen-bond donors (Lipinski definition) is 0. The minimum atomic E-state index is 0.0464. The molecule has 68 valence electrons. The molecule has 0 aromatic carbocycles. The van der Waals surface area contributed by atoms with Crippen molar-refractivity contribution in [2.45, 2.75) is 26.7 Å².